The van der Waals surface area contributed by atoms with Crippen LogP contribution in [0.5, 0.6) is 0 Å². The van der Waals surface area contributed by atoms with Gasteiger partial charge in [0.1, 0.15) is 6.20 Å². The normalized spacial score (nSPS) is 19.4. The third-order valence-corrected chi connectivity index (χ3v) is 3.30. The zero-order chi connectivity index (χ0) is 14.0. The van der Waals surface area contributed by atoms with Crippen molar-refractivity contribution >= 4 is 17.5 Å². The number of carbonyl (C=O) groups is 1. The van der Waals surface area contributed by atoms with Crippen molar-refractivity contribution in [3.63, 3.8) is 0 Å². The molecule has 0 bridgehead atoms. The van der Waals surface area contributed by atoms with Gasteiger partial charge in [0.2, 0.25) is 5.82 Å². The SMILES string of the molecule is Cn1cc([N+](=O)[O-])c(N2CCCCC2CC(=O)O)n1. The van der Waals surface area contributed by atoms with Crippen molar-refractivity contribution in [3.8, 4) is 0 Å². The molecule has 1 saturated heterocycles. The molecule has 1 fully saturated rings. The highest BCUT2D eigenvalue weighted by Crippen LogP contribution is 2.32. The van der Waals surface area contributed by atoms with E-state index in [1.807, 2.05) is 0 Å². The standard InChI is InChI=1S/C11H16N4O4/c1-13-7-9(15(18)19)11(12-13)14-5-3-2-4-8(14)6-10(16)17/h7-8H,2-6H2,1H3,(H,16,17). The molecule has 8 heteroatoms. The van der Waals surface area contributed by atoms with Gasteiger partial charge in [0.15, 0.2) is 0 Å². The summed E-state index contributed by atoms with van der Waals surface area (Å²) in [5, 5.41) is 24.1. The molecule has 19 heavy (non-hydrogen) atoms. The molecule has 2 rings (SSSR count). The highest BCUT2D eigenvalue weighted by atomic mass is 16.6. The van der Waals surface area contributed by atoms with E-state index in [9.17, 15) is 14.9 Å². The van der Waals surface area contributed by atoms with Crippen LogP contribution in [0.4, 0.5) is 11.5 Å². The molecule has 1 aromatic rings. The number of nitrogens with zero attached hydrogens (tertiary/aromatic N) is 4. The Morgan fingerprint density at radius 3 is 3.00 bits per heavy atom. The van der Waals surface area contributed by atoms with Crippen LogP contribution in [0.1, 0.15) is 25.7 Å². The molecule has 0 radical (unpaired) electrons. The van der Waals surface area contributed by atoms with E-state index in [1.54, 1.807) is 11.9 Å². The van der Waals surface area contributed by atoms with Crippen LogP contribution in [0.3, 0.4) is 0 Å². The molecule has 0 saturated carbocycles. The second-order valence-corrected chi connectivity index (χ2v) is 4.71. The zero-order valence-corrected chi connectivity index (χ0v) is 10.7. The van der Waals surface area contributed by atoms with Crippen LogP contribution in [0.2, 0.25) is 0 Å². The molecule has 1 aliphatic heterocycles. The summed E-state index contributed by atoms with van der Waals surface area (Å²) < 4.78 is 1.39. The van der Waals surface area contributed by atoms with Gasteiger partial charge in [-0.3, -0.25) is 19.6 Å². The molecule has 1 atom stereocenters. The Labute approximate surface area is 109 Å². The van der Waals surface area contributed by atoms with Crippen LogP contribution >= 0.6 is 0 Å². The fourth-order valence-electron chi connectivity index (χ4n) is 2.49. The Kier molecular flexibility index (Phi) is 3.68. The highest BCUT2D eigenvalue weighted by molar-refractivity contribution is 5.69. The van der Waals surface area contributed by atoms with Gasteiger partial charge < -0.3 is 10.0 Å². The minimum atomic E-state index is -0.893. The van der Waals surface area contributed by atoms with E-state index in [-0.39, 0.29) is 24.0 Å². The Hall–Kier alpha value is -2.12. The number of aliphatic carboxylic acids is 1. The first-order valence-electron chi connectivity index (χ1n) is 6.15. The molecule has 104 valence electrons. The van der Waals surface area contributed by atoms with Gasteiger partial charge in [-0.05, 0) is 19.3 Å². The lowest BCUT2D eigenvalue weighted by atomic mass is 9.99. The zero-order valence-electron chi connectivity index (χ0n) is 10.7. The quantitative estimate of drug-likeness (QED) is 0.649. The summed E-state index contributed by atoms with van der Waals surface area (Å²) in [7, 11) is 1.62. The van der Waals surface area contributed by atoms with E-state index < -0.39 is 10.9 Å². The molecule has 0 amide bonds. The van der Waals surface area contributed by atoms with Crippen molar-refractivity contribution in [2.24, 2.45) is 7.05 Å². The van der Waals surface area contributed by atoms with Crippen LogP contribution in [-0.2, 0) is 11.8 Å². The van der Waals surface area contributed by atoms with Crippen LogP contribution in [-0.4, -0.2) is 38.4 Å². The fraction of sp³-hybridized carbons (Fsp3) is 0.636. The predicted octanol–water partition coefficient (Wildman–Crippen LogP) is 1.16. The number of piperidine rings is 1. The third-order valence-electron chi connectivity index (χ3n) is 3.30. The molecule has 2 heterocycles. The Morgan fingerprint density at radius 1 is 1.63 bits per heavy atom. The number of nitro groups is 1. The van der Waals surface area contributed by atoms with Crippen molar-refractivity contribution in [1.82, 2.24) is 9.78 Å². The Bertz CT molecular complexity index is 499. The fourth-order valence-corrected chi connectivity index (χ4v) is 2.49. The molecular formula is C11H16N4O4. The summed E-state index contributed by atoms with van der Waals surface area (Å²) in [5.41, 5.74) is -0.0696. The molecule has 0 spiro atoms. The molecule has 8 nitrogen and oxygen atoms in total. The molecule has 1 aliphatic rings. The third kappa shape index (κ3) is 2.83. The average molecular weight is 268 g/mol. The average Bonchev–Trinajstić information content (AvgIpc) is 2.71. The Morgan fingerprint density at radius 2 is 2.37 bits per heavy atom. The predicted molar refractivity (Wildman–Crippen MR) is 67.1 cm³/mol. The summed E-state index contributed by atoms with van der Waals surface area (Å²) in [6.45, 7) is 0.607. The molecule has 0 aromatic carbocycles. The number of aryl methyl sites for hydroxylation is 1. The summed E-state index contributed by atoms with van der Waals surface area (Å²) in [6, 6.07) is -0.222. The van der Waals surface area contributed by atoms with E-state index >= 15 is 0 Å². The van der Waals surface area contributed by atoms with Gasteiger partial charge in [-0.1, -0.05) is 0 Å². The lowest BCUT2D eigenvalue weighted by Crippen LogP contribution is -2.41. The maximum Gasteiger partial charge on any atom is 0.330 e. The van der Waals surface area contributed by atoms with Gasteiger partial charge in [0, 0.05) is 19.6 Å². The summed E-state index contributed by atoms with van der Waals surface area (Å²) in [6.07, 6.45) is 3.88. The second kappa shape index (κ2) is 5.25. The van der Waals surface area contributed by atoms with E-state index in [0.29, 0.717) is 6.54 Å². The first kappa shape index (κ1) is 13.3. The van der Waals surface area contributed by atoms with Gasteiger partial charge in [-0.2, -0.15) is 0 Å². The number of hydrogen-bond acceptors (Lipinski definition) is 5. The summed E-state index contributed by atoms with van der Waals surface area (Å²) in [5.74, 6) is -0.617. The minimum Gasteiger partial charge on any atom is -0.481 e. The molecule has 0 aliphatic carbocycles. The summed E-state index contributed by atoms with van der Waals surface area (Å²) in [4.78, 5) is 23.2. The van der Waals surface area contributed by atoms with Crippen LogP contribution in [0.15, 0.2) is 6.20 Å². The van der Waals surface area contributed by atoms with E-state index in [1.165, 1.54) is 10.9 Å². The number of aromatic nitrogens is 2. The first-order chi connectivity index (χ1) is 8.99. The maximum atomic E-state index is 11.0. The largest absolute Gasteiger partial charge is 0.481 e. The van der Waals surface area contributed by atoms with Crippen molar-refractivity contribution in [2.75, 3.05) is 11.4 Å². The lowest BCUT2D eigenvalue weighted by molar-refractivity contribution is -0.384. The second-order valence-electron chi connectivity index (χ2n) is 4.71. The number of anilines is 1. The molecule has 1 unspecified atom stereocenters. The van der Waals surface area contributed by atoms with Crippen molar-refractivity contribution < 1.29 is 14.8 Å². The van der Waals surface area contributed by atoms with Gasteiger partial charge in [-0.25, -0.2) is 0 Å². The van der Waals surface area contributed by atoms with Gasteiger partial charge in [0.05, 0.1) is 11.3 Å². The maximum absolute atomic E-state index is 11.0. The van der Waals surface area contributed by atoms with Crippen LogP contribution in [0.25, 0.3) is 0 Å². The smallest absolute Gasteiger partial charge is 0.330 e. The first-order valence-corrected chi connectivity index (χ1v) is 6.15. The number of hydrogen-bond donors (Lipinski definition) is 1. The highest BCUT2D eigenvalue weighted by Gasteiger charge is 2.32. The number of carboxylic acid groups (broad SMARTS) is 1. The van der Waals surface area contributed by atoms with E-state index in [2.05, 4.69) is 5.10 Å². The Balaban J connectivity index is 2.31. The van der Waals surface area contributed by atoms with Gasteiger partial charge in [0.25, 0.3) is 0 Å². The summed E-state index contributed by atoms with van der Waals surface area (Å²) >= 11 is 0. The van der Waals surface area contributed by atoms with Gasteiger partial charge in [-0.15, -0.1) is 5.10 Å². The molecule has 1 N–H and O–H groups in total. The van der Waals surface area contributed by atoms with Gasteiger partial charge >= 0.3 is 11.7 Å². The van der Waals surface area contributed by atoms with Crippen molar-refractivity contribution in [2.45, 2.75) is 31.7 Å². The molecule has 1 aromatic heterocycles. The number of rotatable bonds is 4. The van der Waals surface area contributed by atoms with Crippen LogP contribution in [0, 0.1) is 10.1 Å². The monoisotopic (exact) mass is 268 g/mol. The lowest BCUT2D eigenvalue weighted by Gasteiger charge is -2.34. The molecular weight excluding hydrogens is 252 g/mol. The van der Waals surface area contributed by atoms with E-state index in [4.69, 9.17) is 5.11 Å². The van der Waals surface area contributed by atoms with E-state index in [0.717, 1.165) is 19.3 Å². The van der Waals surface area contributed by atoms with Crippen molar-refractivity contribution in [1.29, 1.82) is 0 Å². The minimum absolute atomic E-state index is 0.0201. The topological polar surface area (TPSA) is 102 Å². The van der Waals surface area contributed by atoms with Crippen LogP contribution < -0.4 is 4.90 Å². The van der Waals surface area contributed by atoms with Crippen molar-refractivity contribution in [3.05, 3.63) is 16.3 Å². The number of carboxylic acids is 1.